The van der Waals surface area contributed by atoms with Crippen LogP contribution in [-0.4, -0.2) is 6.15 Å². The molecule has 84 heavy (non-hydrogen) atoms. The largest absolute Gasteiger partial charge is 0.416 e. The average molecular weight is 1220 g/mol. The van der Waals surface area contributed by atoms with E-state index in [1.807, 2.05) is 0 Å². The van der Waals surface area contributed by atoms with Crippen molar-refractivity contribution in [3.63, 3.8) is 0 Å². The zero-order valence-electron chi connectivity index (χ0n) is 43.4. The van der Waals surface area contributed by atoms with Gasteiger partial charge in [0.25, 0.3) is 0 Å². The number of benzene rings is 6. The lowest BCUT2D eigenvalue weighted by molar-refractivity contribution is -0.670. The molecule has 0 amide bonds. The predicted octanol–water partition coefficient (Wildman–Crippen LogP) is 18.1. The standard InChI is InChI=1S/C32H12BF24.C26H34N/c34-25(35,36)13-1-14(26(37,38)39)6-21(5-13)33(22-7-15(27(40,41)42)2-16(8-22)28(43,44)45,23-9-17(29(46,47)48)3-18(10-23)30(49,50)51)24-11-19(31(52,53)54)4-20(12-24)32(55,56)57;1-2-3-4-5-6-7-8-12-18-25-21-20-24-17-13-14-19-26(24)27(25)22-23-15-10-9-11-16-23/h1-12H;9-11,13-17,19-21H,2-8,12,18,22H2,1H3/q-1;+1. The summed E-state index contributed by atoms with van der Waals surface area (Å²) in [7, 11) is 0. The third kappa shape index (κ3) is 16.3. The number of fused-ring (bicyclic) bond motifs is 1. The fraction of sp³-hybridized carbons (Fsp3) is 0.328. The van der Waals surface area contributed by atoms with E-state index in [1.165, 1.54) is 79.9 Å². The zero-order chi connectivity index (χ0) is 62.6. The first kappa shape index (κ1) is 66.3. The number of unbranched alkanes of at least 4 members (excludes halogenated alkanes) is 7. The van der Waals surface area contributed by atoms with Crippen molar-refractivity contribution in [2.75, 3.05) is 0 Å². The highest BCUT2D eigenvalue weighted by Crippen LogP contribution is 2.41. The second kappa shape index (κ2) is 25.0. The van der Waals surface area contributed by atoms with Crippen LogP contribution in [0.3, 0.4) is 0 Å². The number of para-hydroxylation sites is 1. The Balaban J connectivity index is 0.000000347. The number of pyridine rings is 1. The minimum Gasteiger partial charge on any atom is -0.194 e. The Morgan fingerprint density at radius 2 is 0.595 bits per heavy atom. The molecule has 7 rings (SSSR count). The molecule has 0 unspecified atom stereocenters. The molecule has 0 N–H and O–H groups in total. The summed E-state index contributed by atoms with van der Waals surface area (Å²) in [6.45, 7) is 3.24. The average Bonchev–Trinajstić information content (AvgIpc) is 0.774. The highest BCUT2D eigenvalue weighted by molar-refractivity contribution is 7.20. The van der Waals surface area contributed by atoms with Crippen molar-refractivity contribution in [2.24, 2.45) is 0 Å². The molecule has 7 aromatic rings. The highest BCUT2D eigenvalue weighted by Gasteiger charge is 2.47. The van der Waals surface area contributed by atoms with Gasteiger partial charge in [-0.15, -0.1) is 0 Å². The molecular formula is C58H46BF24N. The minimum absolute atomic E-state index is 0.691. The molecule has 454 valence electrons. The second-order valence-corrected chi connectivity index (χ2v) is 19.9. The molecule has 0 bridgehead atoms. The first-order valence-electron chi connectivity index (χ1n) is 25.4. The molecule has 0 saturated heterocycles. The predicted molar refractivity (Wildman–Crippen MR) is 266 cm³/mol. The second-order valence-electron chi connectivity index (χ2n) is 19.9. The topological polar surface area (TPSA) is 3.88 Å². The van der Waals surface area contributed by atoms with Gasteiger partial charge in [0, 0.05) is 29.5 Å². The molecule has 6 aromatic carbocycles. The number of hydrogen-bond donors (Lipinski definition) is 0. The molecule has 0 aliphatic heterocycles. The smallest absolute Gasteiger partial charge is 0.194 e. The van der Waals surface area contributed by atoms with Gasteiger partial charge in [-0.1, -0.05) is 143 Å². The number of nitrogens with zero attached hydrogens (tertiary/aromatic N) is 1. The van der Waals surface area contributed by atoms with Crippen LogP contribution in [0.4, 0.5) is 105 Å². The summed E-state index contributed by atoms with van der Waals surface area (Å²) in [5.41, 5.74) is -26.0. The van der Waals surface area contributed by atoms with Gasteiger partial charge in [-0.05, 0) is 42.8 Å². The fourth-order valence-corrected chi connectivity index (χ4v) is 9.99. The Morgan fingerprint density at radius 1 is 0.310 bits per heavy atom. The summed E-state index contributed by atoms with van der Waals surface area (Å²) in [6, 6.07) is 15.4. The Bertz CT molecular complexity index is 2920. The Labute approximate surface area is 463 Å². The zero-order valence-corrected chi connectivity index (χ0v) is 43.4. The fourth-order valence-electron chi connectivity index (χ4n) is 9.99. The van der Waals surface area contributed by atoms with E-state index < -0.39 is 195 Å². The molecule has 0 fully saturated rings. The van der Waals surface area contributed by atoms with Crippen LogP contribution in [0.5, 0.6) is 0 Å². The first-order chi connectivity index (χ1) is 38.6. The maximum atomic E-state index is 14.2. The number of aryl methyl sites for hydroxylation is 1. The van der Waals surface area contributed by atoms with E-state index in [0.717, 1.165) is 6.54 Å². The third-order valence-corrected chi connectivity index (χ3v) is 13.9. The molecule has 0 aliphatic carbocycles. The van der Waals surface area contributed by atoms with Crippen molar-refractivity contribution >= 4 is 38.9 Å². The van der Waals surface area contributed by atoms with Gasteiger partial charge in [0.2, 0.25) is 5.52 Å². The van der Waals surface area contributed by atoms with Gasteiger partial charge < -0.3 is 0 Å². The van der Waals surface area contributed by atoms with Crippen molar-refractivity contribution < 1.29 is 110 Å². The van der Waals surface area contributed by atoms with Crippen LogP contribution in [-0.2, 0) is 62.4 Å². The molecule has 0 spiro atoms. The van der Waals surface area contributed by atoms with Gasteiger partial charge in [0.05, 0.1) is 44.5 Å². The number of aromatic nitrogens is 1. The lowest BCUT2D eigenvalue weighted by Gasteiger charge is -2.46. The summed E-state index contributed by atoms with van der Waals surface area (Å²) in [5, 5.41) is 1.33. The Hall–Kier alpha value is -6.89. The van der Waals surface area contributed by atoms with Gasteiger partial charge in [0.1, 0.15) is 6.15 Å². The van der Waals surface area contributed by atoms with E-state index in [4.69, 9.17) is 0 Å². The molecule has 1 heterocycles. The van der Waals surface area contributed by atoms with Gasteiger partial charge >= 0.3 is 49.4 Å². The first-order valence-corrected chi connectivity index (χ1v) is 25.4. The van der Waals surface area contributed by atoms with Crippen LogP contribution in [0.1, 0.15) is 114 Å². The number of alkyl halides is 24. The van der Waals surface area contributed by atoms with E-state index in [-0.39, 0.29) is 0 Å². The number of hydrogen-bond acceptors (Lipinski definition) is 0. The minimum atomic E-state index is -6.13. The Kier molecular flexibility index (Phi) is 19.7. The maximum absolute atomic E-state index is 14.2. The third-order valence-electron chi connectivity index (χ3n) is 13.9. The number of rotatable bonds is 15. The molecule has 0 atom stereocenters. The molecular weight excluding hydrogens is 1180 g/mol. The maximum Gasteiger partial charge on any atom is 0.416 e. The lowest BCUT2D eigenvalue weighted by atomic mass is 9.12. The summed E-state index contributed by atoms with van der Waals surface area (Å²) in [6.07, 6.45) is -42.6. The van der Waals surface area contributed by atoms with Crippen molar-refractivity contribution in [3.05, 3.63) is 195 Å². The number of halogens is 24. The van der Waals surface area contributed by atoms with Gasteiger partial charge in [-0.25, -0.2) is 0 Å². The summed E-state index contributed by atoms with van der Waals surface area (Å²) < 4.78 is 343. The van der Waals surface area contributed by atoms with Crippen LogP contribution in [0.15, 0.2) is 140 Å². The van der Waals surface area contributed by atoms with Crippen molar-refractivity contribution in [2.45, 2.75) is 121 Å². The van der Waals surface area contributed by atoms with Crippen molar-refractivity contribution in [1.82, 2.24) is 0 Å². The molecule has 0 aliphatic rings. The van der Waals surface area contributed by atoms with Crippen LogP contribution in [0, 0.1) is 0 Å². The summed E-state index contributed by atoms with van der Waals surface area (Å²) >= 11 is 0. The molecule has 1 aromatic heterocycles. The highest BCUT2D eigenvalue weighted by atomic mass is 19.4. The molecule has 1 nitrogen and oxygen atoms in total. The monoisotopic (exact) mass is 1220 g/mol. The van der Waals surface area contributed by atoms with E-state index in [0.29, 0.717) is 0 Å². The molecule has 26 heteroatoms. The normalized spacial score (nSPS) is 13.3. The van der Waals surface area contributed by atoms with Crippen LogP contribution in [0.25, 0.3) is 10.9 Å². The Morgan fingerprint density at radius 3 is 0.905 bits per heavy atom. The van der Waals surface area contributed by atoms with Crippen LogP contribution in [0.2, 0.25) is 0 Å². The van der Waals surface area contributed by atoms with E-state index in [1.54, 1.807) is 0 Å². The van der Waals surface area contributed by atoms with Gasteiger partial charge in [0.15, 0.2) is 12.2 Å². The quantitative estimate of drug-likeness (QED) is 0.0417. The molecule has 0 radical (unpaired) electrons. The molecule has 0 saturated carbocycles. The van der Waals surface area contributed by atoms with Crippen LogP contribution >= 0.6 is 0 Å². The van der Waals surface area contributed by atoms with Gasteiger partial charge in [-0.2, -0.15) is 132 Å². The summed E-state index contributed by atoms with van der Waals surface area (Å²) in [4.78, 5) is 0. The van der Waals surface area contributed by atoms with Gasteiger partial charge in [-0.3, -0.25) is 0 Å². The lowest BCUT2D eigenvalue weighted by Crippen LogP contribution is -2.75. The van der Waals surface area contributed by atoms with Crippen molar-refractivity contribution in [1.29, 1.82) is 0 Å². The summed E-state index contributed by atoms with van der Waals surface area (Å²) in [5.74, 6) is 0. The van der Waals surface area contributed by atoms with Crippen molar-refractivity contribution in [3.8, 4) is 0 Å². The van der Waals surface area contributed by atoms with E-state index in [9.17, 15) is 105 Å². The SMILES string of the molecule is CCCCCCCCCCc1ccc2ccccc2[n+]1Cc1ccccc1.FC(F)(F)c1cc([B-](c2cc(C(F)(F)F)cc(C(F)(F)F)c2)(c2cc(C(F)(F)F)cc(C(F)(F)F)c2)c2cc(C(F)(F)F)cc(C(F)(F)F)c2)cc(C(F)(F)F)c1. The van der Waals surface area contributed by atoms with E-state index in [2.05, 4.69) is 78.2 Å². The van der Waals surface area contributed by atoms with E-state index >= 15 is 0 Å². The van der Waals surface area contributed by atoms with Crippen LogP contribution < -0.4 is 26.4 Å².